The summed E-state index contributed by atoms with van der Waals surface area (Å²) in [5.41, 5.74) is 1.19. The summed E-state index contributed by atoms with van der Waals surface area (Å²) in [7, 11) is 2.17. The molecule has 1 aliphatic rings. The van der Waals surface area contributed by atoms with Gasteiger partial charge in [-0.15, -0.1) is 11.3 Å². The second kappa shape index (κ2) is 6.02. The van der Waals surface area contributed by atoms with Gasteiger partial charge in [0.25, 0.3) is 0 Å². The van der Waals surface area contributed by atoms with Crippen molar-refractivity contribution >= 4 is 16.5 Å². The fourth-order valence-corrected chi connectivity index (χ4v) is 3.20. The molecule has 2 rings (SSSR count). The SMILES string of the molecule is CCCNCc1sc(N(C)CC2CC2C)nc1C. The molecule has 2 unspecified atom stereocenters. The van der Waals surface area contributed by atoms with Gasteiger partial charge in [-0.1, -0.05) is 13.8 Å². The Labute approximate surface area is 115 Å². The predicted molar refractivity (Wildman–Crippen MR) is 79.4 cm³/mol. The second-order valence-corrected chi connectivity index (χ2v) is 6.60. The molecule has 1 N–H and O–H groups in total. The molecule has 3 nitrogen and oxygen atoms in total. The van der Waals surface area contributed by atoms with Gasteiger partial charge in [0.15, 0.2) is 5.13 Å². The van der Waals surface area contributed by atoms with E-state index in [-0.39, 0.29) is 0 Å². The van der Waals surface area contributed by atoms with Crippen LogP contribution in [0.15, 0.2) is 0 Å². The molecular formula is C14H25N3S. The average Bonchev–Trinajstić information content (AvgIpc) is 2.87. The van der Waals surface area contributed by atoms with E-state index >= 15 is 0 Å². The Morgan fingerprint density at radius 3 is 2.83 bits per heavy atom. The van der Waals surface area contributed by atoms with Crippen LogP contribution in [0.4, 0.5) is 5.13 Å². The summed E-state index contributed by atoms with van der Waals surface area (Å²) in [5, 5.41) is 4.64. The van der Waals surface area contributed by atoms with E-state index in [1.807, 2.05) is 11.3 Å². The minimum Gasteiger partial charge on any atom is -0.351 e. The first-order valence-corrected chi connectivity index (χ1v) is 7.81. The molecule has 4 heteroatoms. The largest absolute Gasteiger partial charge is 0.351 e. The van der Waals surface area contributed by atoms with Crippen LogP contribution >= 0.6 is 11.3 Å². The topological polar surface area (TPSA) is 28.2 Å². The van der Waals surface area contributed by atoms with E-state index in [9.17, 15) is 0 Å². The van der Waals surface area contributed by atoms with Gasteiger partial charge in [-0.05, 0) is 38.1 Å². The highest BCUT2D eigenvalue weighted by Crippen LogP contribution is 2.39. The maximum Gasteiger partial charge on any atom is 0.185 e. The lowest BCUT2D eigenvalue weighted by Gasteiger charge is -2.14. The van der Waals surface area contributed by atoms with Crippen LogP contribution in [0.1, 0.15) is 37.3 Å². The average molecular weight is 267 g/mol. The Kier molecular flexibility index (Phi) is 4.62. The zero-order chi connectivity index (χ0) is 13.1. The zero-order valence-electron chi connectivity index (χ0n) is 12.0. The van der Waals surface area contributed by atoms with Crippen LogP contribution in [0, 0.1) is 18.8 Å². The van der Waals surface area contributed by atoms with Gasteiger partial charge in [-0.2, -0.15) is 0 Å². The molecule has 1 fully saturated rings. The number of hydrogen-bond donors (Lipinski definition) is 1. The van der Waals surface area contributed by atoms with E-state index < -0.39 is 0 Å². The number of hydrogen-bond acceptors (Lipinski definition) is 4. The van der Waals surface area contributed by atoms with Crippen LogP contribution in [0.25, 0.3) is 0 Å². The minimum absolute atomic E-state index is 0.890. The quantitative estimate of drug-likeness (QED) is 0.770. The Hall–Kier alpha value is -0.610. The van der Waals surface area contributed by atoms with E-state index in [0.29, 0.717) is 0 Å². The smallest absolute Gasteiger partial charge is 0.185 e. The van der Waals surface area contributed by atoms with Gasteiger partial charge in [0.2, 0.25) is 0 Å². The highest BCUT2D eigenvalue weighted by molar-refractivity contribution is 7.15. The first-order valence-electron chi connectivity index (χ1n) is 7.00. The zero-order valence-corrected chi connectivity index (χ0v) is 12.8. The van der Waals surface area contributed by atoms with E-state index in [0.717, 1.165) is 31.5 Å². The summed E-state index contributed by atoms with van der Waals surface area (Å²) in [6.07, 6.45) is 2.57. The van der Waals surface area contributed by atoms with E-state index in [4.69, 9.17) is 4.98 Å². The summed E-state index contributed by atoms with van der Waals surface area (Å²) in [4.78, 5) is 8.41. The van der Waals surface area contributed by atoms with Crippen molar-refractivity contribution in [3.05, 3.63) is 10.6 Å². The monoisotopic (exact) mass is 267 g/mol. The van der Waals surface area contributed by atoms with Crippen molar-refractivity contribution in [2.24, 2.45) is 11.8 Å². The summed E-state index contributed by atoms with van der Waals surface area (Å²) >= 11 is 1.84. The van der Waals surface area contributed by atoms with E-state index in [1.54, 1.807) is 0 Å². The number of aromatic nitrogens is 1. The molecule has 2 atom stereocenters. The van der Waals surface area contributed by atoms with Crippen molar-refractivity contribution in [3.63, 3.8) is 0 Å². The van der Waals surface area contributed by atoms with Gasteiger partial charge in [0, 0.05) is 25.0 Å². The fourth-order valence-electron chi connectivity index (χ4n) is 2.20. The maximum atomic E-state index is 4.70. The molecule has 0 spiro atoms. The van der Waals surface area contributed by atoms with Gasteiger partial charge < -0.3 is 10.2 Å². The summed E-state index contributed by atoms with van der Waals surface area (Å²) in [6.45, 7) is 9.87. The van der Waals surface area contributed by atoms with Crippen LogP contribution in [-0.4, -0.2) is 25.1 Å². The van der Waals surface area contributed by atoms with Crippen LogP contribution in [0.2, 0.25) is 0 Å². The summed E-state index contributed by atoms with van der Waals surface area (Å²) in [5.74, 6) is 1.81. The molecule has 102 valence electrons. The van der Waals surface area contributed by atoms with Gasteiger partial charge >= 0.3 is 0 Å². The molecular weight excluding hydrogens is 242 g/mol. The van der Waals surface area contributed by atoms with Gasteiger partial charge in [-0.3, -0.25) is 0 Å². The molecule has 0 bridgehead atoms. The van der Waals surface area contributed by atoms with Crippen molar-refractivity contribution in [1.82, 2.24) is 10.3 Å². The van der Waals surface area contributed by atoms with Gasteiger partial charge in [0.05, 0.1) is 5.69 Å². The Balaban J connectivity index is 1.90. The standard InChI is InChI=1S/C14H25N3S/c1-5-6-15-8-13-11(3)16-14(18-13)17(4)9-12-7-10(12)2/h10,12,15H,5-9H2,1-4H3. The molecule has 0 aliphatic heterocycles. The van der Waals surface area contributed by atoms with Crippen molar-refractivity contribution in [1.29, 1.82) is 0 Å². The number of anilines is 1. The lowest BCUT2D eigenvalue weighted by molar-refractivity contribution is 0.678. The number of aryl methyl sites for hydroxylation is 1. The maximum absolute atomic E-state index is 4.70. The molecule has 0 radical (unpaired) electrons. The lowest BCUT2D eigenvalue weighted by atomic mass is 10.3. The lowest BCUT2D eigenvalue weighted by Crippen LogP contribution is -2.20. The minimum atomic E-state index is 0.890. The number of rotatable bonds is 7. The van der Waals surface area contributed by atoms with Crippen LogP contribution in [0.5, 0.6) is 0 Å². The number of nitrogens with one attached hydrogen (secondary N) is 1. The molecule has 0 saturated heterocycles. The highest BCUT2D eigenvalue weighted by Gasteiger charge is 2.33. The van der Waals surface area contributed by atoms with Crippen LogP contribution < -0.4 is 10.2 Å². The highest BCUT2D eigenvalue weighted by atomic mass is 32.1. The fraction of sp³-hybridized carbons (Fsp3) is 0.786. The Morgan fingerprint density at radius 1 is 1.50 bits per heavy atom. The molecule has 1 aromatic rings. The van der Waals surface area contributed by atoms with E-state index in [2.05, 4.69) is 38.0 Å². The van der Waals surface area contributed by atoms with Crippen molar-refractivity contribution in [2.45, 2.75) is 40.2 Å². The van der Waals surface area contributed by atoms with Crippen molar-refractivity contribution in [2.75, 3.05) is 25.0 Å². The summed E-state index contributed by atoms with van der Waals surface area (Å²) < 4.78 is 0. The second-order valence-electron chi connectivity index (χ2n) is 5.54. The van der Waals surface area contributed by atoms with Crippen molar-refractivity contribution in [3.8, 4) is 0 Å². The number of nitrogens with zero attached hydrogens (tertiary/aromatic N) is 2. The first-order chi connectivity index (χ1) is 8.61. The van der Waals surface area contributed by atoms with Crippen molar-refractivity contribution < 1.29 is 0 Å². The predicted octanol–water partition coefficient (Wildman–Crippen LogP) is 3.04. The third-order valence-electron chi connectivity index (χ3n) is 3.70. The van der Waals surface area contributed by atoms with Gasteiger partial charge in [0.1, 0.15) is 0 Å². The van der Waals surface area contributed by atoms with E-state index in [1.165, 1.54) is 28.5 Å². The number of thiazole rings is 1. The summed E-state index contributed by atoms with van der Waals surface area (Å²) in [6, 6.07) is 0. The van der Waals surface area contributed by atoms with Gasteiger partial charge in [-0.25, -0.2) is 4.98 Å². The molecule has 1 saturated carbocycles. The first kappa shape index (κ1) is 13.8. The molecule has 18 heavy (non-hydrogen) atoms. The molecule has 1 aliphatic carbocycles. The van der Waals surface area contributed by atoms with Crippen LogP contribution in [-0.2, 0) is 6.54 Å². The Morgan fingerprint density at radius 2 is 2.22 bits per heavy atom. The van der Waals surface area contributed by atoms with Crippen LogP contribution in [0.3, 0.4) is 0 Å². The third-order valence-corrected chi connectivity index (χ3v) is 4.98. The molecule has 0 aromatic carbocycles. The molecule has 0 amide bonds. The normalized spacial score (nSPS) is 22.2. The third kappa shape index (κ3) is 3.45. The molecule has 1 aromatic heterocycles. The Bertz CT molecular complexity index is 388. The molecule has 1 heterocycles.